The van der Waals surface area contributed by atoms with Crippen LogP contribution in [0.15, 0.2) is 0 Å². The molecule has 0 bridgehead atoms. The summed E-state index contributed by atoms with van der Waals surface area (Å²) in [6.45, 7) is 3.12. The second-order valence-electron chi connectivity index (χ2n) is 6.37. The van der Waals surface area contributed by atoms with Crippen molar-refractivity contribution in [2.75, 3.05) is 0 Å². The lowest BCUT2D eigenvalue weighted by atomic mass is 9.85. The molecule has 2 rings (SSSR count). The van der Waals surface area contributed by atoms with E-state index in [1.54, 1.807) is 0 Å². The Morgan fingerprint density at radius 3 is 2.71 bits per heavy atom. The molecule has 0 aliphatic heterocycles. The van der Waals surface area contributed by atoms with Crippen molar-refractivity contribution in [3.05, 3.63) is 11.4 Å². The molecule has 0 atom stereocenters. The second kappa shape index (κ2) is 8.96. The Hall–Kier alpha value is -1.19. The zero-order chi connectivity index (χ0) is 14.9. The smallest absolute Gasteiger partial charge is 0.172 e. The van der Waals surface area contributed by atoms with E-state index in [9.17, 15) is 4.79 Å². The van der Waals surface area contributed by atoms with Crippen LogP contribution >= 0.6 is 0 Å². The van der Waals surface area contributed by atoms with Gasteiger partial charge in [0.1, 0.15) is 5.69 Å². The van der Waals surface area contributed by atoms with Gasteiger partial charge in [-0.3, -0.25) is 4.79 Å². The molecule has 1 fully saturated rings. The summed E-state index contributed by atoms with van der Waals surface area (Å²) in [6.07, 6.45) is 14.7. The summed E-state index contributed by atoms with van der Waals surface area (Å²) in [7, 11) is 0. The highest BCUT2D eigenvalue weighted by atomic mass is 16.1. The fourth-order valence-electron chi connectivity index (χ4n) is 3.38. The summed E-state index contributed by atoms with van der Waals surface area (Å²) < 4.78 is 1.97. The first-order chi connectivity index (χ1) is 10.3. The third-order valence-corrected chi connectivity index (χ3v) is 4.72. The van der Waals surface area contributed by atoms with Crippen LogP contribution in [-0.4, -0.2) is 21.3 Å². The second-order valence-corrected chi connectivity index (χ2v) is 6.37. The first kappa shape index (κ1) is 16.2. The lowest BCUT2D eigenvalue weighted by Gasteiger charge is -2.21. The third-order valence-electron chi connectivity index (χ3n) is 4.72. The van der Waals surface area contributed by atoms with Gasteiger partial charge in [-0.2, -0.15) is 0 Å². The van der Waals surface area contributed by atoms with Crippen LogP contribution in [0, 0.1) is 5.92 Å². The molecular weight excluding hydrogens is 262 g/mol. The van der Waals surface area contributed by atoms with Crippen molar-refractivity contribution in [2.45, 2.75) is 84.1 Å². The molecule has 118 valence electrons. The largest absolute Gasteiger partial charge is 0.296 e. The molecule has 0 radical (unpaired) electrons. The number of unbranched alkanes of at least 4 members (excludes halogenated alkanes) is 3. The number of carbonyl (C=O) groups is 1. The van der Waals surface area contributed by atoms with Crippen molar-refractivity contribution < 1.29 is 4.79 Å². The van der Waals surface area contributed by atoms with E-state index in [0.29, 0.717) is 5.69 Å². The summed E-state index contributed by atoms with van der Waals surface area (Å²) in [5.41, 5.74) is 1.62. The average Bonchev–Trinajstić information content (AvgIpc) is 2.92. The lowest BCUT2D eigenvalue weighted by Crippen LogP contribution is -2.11. The highest BCUT2D eigenvalue weighted by Crippen LogP contribution is 2.27. The number of aldehydes is 1. The molecule has 1 aromatic rings. The van der Waals surface area contributed by atoms with Crippen LogP contribution in [0.25, 0.3) is 0 Å². The summed E-state index contributed by atoms with van der Waals surface area (Å²) >= 11 is 0. The van der Waals surface area contributed by atoms with Gasteiger partial charge in [-0.15, -0.1) is 5.10 Å². The maximum atomic E-state index is 11.2. The highest BCUT2D eigenvalue weighted by Gasteiger charge is 2.17. The predicted octanol–water partition coefficient (Wildman–Crippen LogP) is 4.18. The molecule has 0 unspecified atom stereocenters. The first-order valence-electron chi connectivity index (χ1n) is 8.72. The maximum Gasteiger partial charge on any atom is 0.172 e. The van der Waals surface area contributed by atoms with Crippen LogP contribution in [0.1, 0.15) is 87.3 Å². The molecule has 0 amide bonds. The van der Waals surface area contributed by atoms with Crippen LogP contribution in [0.3, 0.4) is 0 Å². The first-order valence-corrected chi connectivity index (χ1v) is 8.72. The van der Waals surface area contributed by atoms with Gasteiger partial charge in [-0.1, -0.05) is 63.5 Å². The highest BCUT2D eigenvalue weighted by molar-refractivity contribution is 5.73. The van der Waals surface area contributed by atoms with Gasteiger partial charge in [0.05, 0.1) is 5.69 Å². The normalized spacial score (nSPS) is 16.2. The van der Waals surface area contributed by atoms with Crippen molar-refractivity contribution in [3.8, 4) is 0 Å². The Morgan fingerprint density at radius 2 is 2.00 bits per heavy atom. The summed E-state index contributed by atoms with van der Waals surface area (Å²) in [6, 6.07) is 0. The number of hydrogen-bond acceptors (Lipinski definition) is 3. The molecule has 4 heteroatoms. The van der Waals surface area contributed by atoms with Crippen molar-refractivity contribution in [1.29, 1.82) is 0 Å². The Bertz CT molecular complexity index is 422. The zero-order valence-electron chi connectivity index (χ0n) is 13.4. The van der Waals surface area contributed by atoms with Crippen molar-refractivity contribution >= 4 is 6.29 Å². The van der Waals surface area contributed by atoms with Gasteiger partial charge in [-0.25, -0.2) is 4.68 Å². The van der Waals surface area contributed by atoms with Crippen molar-refractivity contribution in [1.82, 2.24) is 15.0 Å². The van der Waals surface area contributed by atoms with Crippen LogP contribution < -0.4 is 0 Å². The summed E-state index contributed by atoms with van der Waals surface area (Å²) in [5.74, 6) is 0.835. The molecule has 1 aliphatic carbocycles. The van der Waals surface area contributed by atoms with Crippen molar-refractivity contribution in [3.63, 3.8) is 0 Å². The molecule has 1 aliphatic rings. The minimum absolute atomic E-state index is 0.557. The molecule has 1 saturated carbocycles. The molecule has 21 heavy (non-hydrogen) atoms. The fourth-order valence-corrected chi connectivity index (χ4v) is 3.38. The van der Waals surface area contributed by atoms with Crippen LogP contribution in [0.5, 0.6) is 0 Å². The molecule has 4 nitrogen and oxygen atoms in total. The maximum absolute atomic E-state index is 11.2. The molecule has 1 heterocycles. The fraction of sp³-hybridized carbons (Fsp3) is 0.824. The zero-order valence-corrected chi connectivity index (χ0v) is 13.4. The minimum atomic E-state index is 0.557. The van der Waals surface area contributed by atoms with E-state index in [0.717, 1.165) is 37.3 Å². The third kappa shape index (κ3) is 4.94. The van der Waals surface area contributed by atoms with Crippen molar-refractivity contribution in [2.24, 2.45) is 5.92 Å². The Labute approximate surface area is 128 Å². The Kier molecular flexibility index (Phi) is 6.90. The van der Waals surface area contributed by atoms with Gasteiger partial charge >= 0.3 is 0 Å². The van der Waals surface area contributed by atoms with E-state index in [4.69, 9.17) is 0 Å². The van der Waals surface area contributed by atoms with E-state index in [2.05, 4.69) is 17.2 Å². The molecule has 0 spiro atoms. The standard InChI is InChI=1S/C17H29N3O/c1-2-3-4-8-13-20-17(16(14-21)18-19-20)12-11-15-9-6-5-7-10-15/h14-15H,2-13H2,1H3. The predicted molar refractivity (Wildman–Crippen MR) is 84.4 cm³/mol. The molecule has 0 N–H and O–H groups in total. The van der Waals surface area contributed by atoms with E-state index in [1.165, 1.54) is 57.8 Å². The van der Waals surface area contributed by atoms with Gasteiger partial charge in [0, 0.05) is 6.54 Å². The monoisotopic (exact) mass is 291 g/mol. The molecular formula is C17H29N3O. The van der Waals surface area contributed by atoms with Gasteiger partial charge in [-0.05, 0) is 25.2 Å². The van der Waals surface area contributed by atoms with E-state index >= 15 is 0 Å². The van der Waals surface area contributed by atoms with E-state index in [-0.39, 0.29) is 0 Å². The molecule has 0 aromatic carbocycles. The van der Waals surface area contributed by atoms with Crippen LogP contribution in [0.2, 0.25) is 0 Å². The number of hydrogen-bond donors (Lipinski definition) is 0. The van der Waals surface area contributed by atoms with E-state index < -0.39 is 0 Å². The van der Waals surface area contributed by atoms with Gasteiger partial charge < -0.3 is 0 Å². The van der Waals surface area contributed by atoms with Gasteiger partial charge in [0.15, 0.2) is 6.29 Å². The summed E-state index contributed by atoms with van der Waals surface area (Å²) in [5, 5.41) is 8.23. The van der Waals surface area contributed by atoms with E-state index in [1.807, 2.05) is 4.68 Å². The van der Waals surface area contributed by atoms with Crippen LogP contribution in [-0.2, 0) is 13.0 Å². The summed E-state index contributed by atoms with van der Waals surface area (Å²) in [4.78, 5) is 11.2. The van der Waals surface area contributed by atoms with Crippen LogP contribution in [0.4, 0.5) is 0 Å². The minimum Gasteiger partial charge on any atom is -0.296 e. The Balaban J connectivity index is 1.88. The topological polar surface area (TPSA) is 47.8 Å². The molecule has 0 saturated heterocycles. The lowest BCUT2D eigenvalue weighted by molar-refractivity contribution is 0.111. The number of rotatable bonds is 9. The van der Waals surface area contributed by atoms with Gasteiger partial charge in [0.25, 0.3) is 0 Å². The number of nitrogens with zero attached hydrogens (tertiary/aromatic N) is 3. The average molecular weight is 291 g/mol. The number of aromatic nitrogens is 3. The number of aryl methyl sites for hydroxylation is 1. The Morgan fingerprint density at radius 1 is 1.19 bits per heavy atom. The quantitative estimate of drug-likeness (QED) is 0.506. The van der Waals surface area contributed by atoms with Gasteiger partial charge in [0.2, 0.25) is 0 Å². The molecule has 1 aromatic heterocycles. The number of carbonyl (C=O) groups excluding carboxylic acids is 1. The SMILES string of the molecule is CCCCCCn1nnc(C=O)c1CCC1CCCCC1.